The number of nitrogens with zero attached hydrogens (tertiary/aromatic N) is 2. The number of aryl methyl sites for hydroxylation is 1. The largest absolute Gasteiger partial charge is 0.389 e. The Labute approximate surface area is 110 Å². The van der Waals surface area contributed by atoms with E-state index in [1.807, 2.05) is 0 Å². The molecule has 18 heavy (non-hydrogen) atoms. The van der Waals surface area contributed by atoms with Crippen LogP contribution in [-0.4, -0.2) is 14.9 Å². The number of hydrogen-bond donors (Lipinski definition) is 1. The van der Waals surface area contributed by atoms with E-state index in [2.05, 4.69) is 5.10 Å². The SMILES string of the molecule is Cc1nn(-c2cccc(F)c2[C@@H](C)O)c(C)c1Cl. The molecule has 0 fully saturated rings. The predicted octanol–water partition coefficient (Wildman–Crippen LogP) is 3.33. The van der Waals surface area contributed by atoms with E-state index in [1.54, 1.807) is 30.7 Å². The van der Waals surface area contributed by atoms with Crippen LogP contribution in [0.15, 0.2) is 18.2 Å². The molecule has 2 aromatic rings. The molecule has 1 heterocycles. The molecule has 1 atom stereocenters. The third-order valence-electron chi connectivity index (χ3n) is 2.88. The average Bonchev–Trinajstić information content (AvgIpc) is 2.56. The van der Waals surface area contributed by atoms with Crippen molar-refractivity contribution >= 4 is 11.6 Å². The van der Waals surface area contributed by atoms with Gasteiger partial charge in [0.1, 0.15) is 5.82 Å². The summed E-state index contributed by atoms with van der Waals surface area (Å²) in [6.07, 6.45) is -0.913. The molecule has 0 unspecified atom stereocenters. The predicted molar refractivity (Wildman–Crippen MR) is 68.6 cm³/mol. The second-order valence-corrected chi connectivity index (χ2v) is 4.62. The summed E-state index contributed by atoms with van der Waals surface area (Å²) in [4.78, 5) is 0. The topological polar surface area (TPSA) is 38.0 Å². The van der Waals surface area contributed by atoms with Crippen LogP contribution in [0.3, 0.4) is 0 Å². The van der Waals surface area contributed by atoms with Crippen LogP contribution in [0, 0.1) is 19.7 Å². The van der Waals surface area contributed by atoms with Gasteiger partial charge < -0.3 is 5.11 Å². The molecule has 0 saturated heterocycles. The molecule has 0 bridgehead atoms. The third-order valence-corrected chi connectivity index (χ3v) is 3.43. The summed E-state index contributed by atoms with van der Waals surface area (Å²) >= 11 is 6.08. The fourth-order valence-corrected chi connectivity index (χ4v) is 2.10. The van der Waals surface area contributed by atoms with Gasteiger partial charge in [-0.15, -0.1) is 0 Å². The Morgan fingerprint density at radius 3 is 2.56 bits per heavy atom. The Bertz CT molecular complexity index is 593. The minimum atomic E-state index is -0.913. The van der Waals surface area contributed by atoms with Crippen molar-refractivity contribution < 1.29 is 9.50 Å². The lowest BCUT2D eigenvalue weighted by molar-refractivity contribution is 0.193. The standard InChI is InChI=1S/C13H14ClFN2O/c1-7-13(14)8(2)17(16-7)11-6-4-5-10(15)12(11)9(3)18/h4-6,9,18H,1-3H3/t9-/m1/s1. The number of benzene rings is 1. The van der Waals surface area contributed by atoms with Crippen LogP contribution in [0.2, 0.25) is 5.02 Å². The first kappa shape index (κ1) is 13.1. The van der Waals surface area contributed by atoms with Crippen molar-refractivity contribution in [2.75, 3.05) is 0 Å². The lowest BCUT2D eigenvalue weighted by Gasteiger charge is -2.14. The Hall–Kier alpha value is -1.39. The van der Waals surface area contributed by atoms with Crippen LogP contribution >= 0.6 is 11.6 Å². The lowest BCUT2D eigenvalue weighted by atomic mass is 10.1. The molecule has 3 nitrogen and oxygen atoms in total. The molecule has 0 aliphatic carbocycles. The van der Waals surface area contributed by atoms with Gasteiger partial charge in [0.15, 0.2) is 0 Å². The molecular formula is C13H14ClFN2O. The summed E-state index contributed by atoms with van der Waals surface area (Å²) in [6, 6.07) is 4.61. The van der Waals surface area contributed by atoms with E-state index >= 15 is 0 Å². The zero-order chi connectivity index (χ0) is 13.4. The van der Waals surface area contributed by atoms with E-state index in [0.717, 1.165) is 5.69 Å². The zero-order valence-electron chi connectivity index (χ0n) is 10.4. The molecule has 5 heteroatoms. The van der Waals surface area contributed by atoms with Gasteiger partial charge in [0, 0.05) is 5.56 Å². The molecule has 1 aromatic carbocycles. The van der Waals surface area contributed by atoms with Gasteiger partial charge in [0.2, 0.25) is 0 Å². The average molecular weight is 269 g/mol. The molecule has 2 rings (SSSR count). The van der Waals surface area contributed by atoms with Crippen LogP contribution < -0.4 is 0 Å². The maximum absolute atomic E-state index is 13.8. The van der Waals surface area contributed by atoms with Gasteiger partial charge in [-0.05, 0) is 32.9 Å². The van der Waals surface area contributed by atoms with Crippen molar-refractivity contribution in [2.24, 2.45) is 0 Å². The van der Waals surface area contributed by atoms with E-state index in [-0.39, 0.29) is 5.56 Å². The van der Waals surface area contributed by atoms with Crippen molar-refractivity contribution in [1.29, 1.82) is 0 Å². The first-order chi connectivity index (χ1) is 8.43. The number of hydrogen-bond acceptors (Lipinski definition) is 2. The Balaban J connectivity index is 2.71. The van der Waals surface area contributed by atoms with Crippen molar-refractivity contribution in [3.8, 4) is 5.69 Å². The van der Waals surface area contributed by atoms with Gasteiger partial charge in [-0.1, -0.05) is 17.7 Å². The van der Waals surface area contributed by atoms with E-state index in [0.29, 0.717) is 16.4 Å². The van der Waals surface area contributed by atoms with E-state index in [1.165, 1.54) is 13.0 Å². The summed E-state index contributed by atoms with van der Waals surface area (Å²) in [5, 5.41) is 14.5. The fraction of sp³-hybridized carbons (Fsp3) is 0.308. The summed E-state index contributed by atoms with van der Waals surface area (Å²) in [6.45, 7) is 5.11. The van der Waals surface area contributed by atoms with Gasteiger partial charge in [0.05, 0.1) is 28.2 Å². The van der Waals surface area contributed by atoms with Crippen LogP contribution in [-0.2, 0) is 0 Å². The molecular weight excluding hydrogens is 255 g/mol. The molecule has 0 spiro atoms. The van der Waals surface area contributed by atoms with Crippen LogP contribution in [0.1, 0.15) is 30.0 Å². The maximum Gasteiger partial charge on any atom is 0.131 e. The molecule has 96 valence electrons. The fourth-order valence-electron chi connectivity index (χ4n) is 1.98. The Morgan fingerprint density at radius 2 is 2.06 bits per heavy atom. The molecule has 0 aliphatic heterocycles. The molecule has 1 aromatic heterocycles. The van der Waals surface area contributed by atoms with Gasteiger partial charge >= 0.3 is 0 Å². The normalized spacial score (nSPS) is 12.8. The molecule has 0 aliphatic rings. The minimum absolute atomic E-state index is 0.222. The van der Waals surface area contributed by atoms with Crippen LogP contribution in [0.25, 0.3) is 5.69 Å². The summed E-state index contributed by atoms with van der Waals surface area (Å²) in [5.41, 5.74) is 2.13. The maximum atomic E-state index is 13.8. The summed E-state index contributed by atoms with van der Waals surface area (Å²) < 4.78 is 15.3. The molecule has 0 saturated carbocycles. The van der Waals surface area contributed by atoms with Crippen LogP contribution in [0.5, 0.6) is 0 Å². The first-order valence-electron chi connectivity index (χ1n) is 5.62. The highest BCUT2D eigenvalue weighted by atomic mass is 35.5. The second-order valence-electron chi connectivity index (χ2n) is 4.25. The highest BCUT2D eigenvalue weighted by Gasteiger charge is 2.18. The van der Waals surface area contributed by atoms with Gasteiger partial charge in [0.25, 0.3) is 0 Å². The smallest absolute Gasteiger partial charge is 0.131 e. The Kier molecular flexibility index (Phi) is 3.41. The number of aromatic nitrogens is 2. The lowest BCUT2D eigenvalue weighted by Crippen LogP contribution is -2.08. The van der Waals surface area contributed by atoms with Gasteiger partial charge in [-0.2, -0.15) is 5.10 Å². The monoisotopic (exact) mass is 268 g/mol. The highest BCUT2D eigenvalue weighted by molar-refractivity contribution is 6.31. The minimum Gasteiger partial charge on any atom is -0.389 e. The third kappa shape index (κ3) is 2.02. The van der Waals surface area contributed by atoms with E-state index in [4.69, 9.17) is 11.6 Å². The second kappa shape index (κ2) is 4.71. The van der Waals surface area contributed by atoms with Crippen molar-refractivity contribution in [1.82, 2.24) is 9.78 Å². The van der Waals surface area contributed by atoms with Crippen molar-refractivity contribution in [3.05, 3.63) is 46.0 Å². The van der Waals surface area contributed by atoms with Gasteiger partial charge in [-0.25, -0.2) is 9.07 Å². The molecule has 1 N–H and O–H groups in total. The summed E-state index contributed by atoms with van der Waals surface area (Å²) in [5.74, 6) is -0.453. The number of rotatable bonds is 2. The number of aliphatic hydroxyl groups excluding tert-OH is 1. The molecule has 0 amide bonds. The van der Waals surface area contributed by atoms with Crippen molar-refractivity contribution in [2.45, 2.75) is 26.9 Å². The Morgan fingerprint density at radius 1 is 1.39 bits per heavy atom. The van der Waals surface area contributed by atoms with E-state index < -0.39 is 11.9 Å². The first-order valence-corrected chi connectivity index (χ1v) is 5.99. The van der Waals surface area contributed by atoms with Crippen LogP contribution in [0.4, 0.5) is 4.39 Å². The molecule has 0 radical (unpaired) electrons. The highest BCUT2D eigenvalue weighted by Crippen LogP contribution is 2.28. The van der Waals surface area contributed by atoms with Crippen molar-refractivity contribution in [3.63, 3.8) is 0 Å². The number of aliphatic hydroxyl groups is 1. The summed E-state index contributed by atoms with van der Waals surface area (Å²) in [7, 11) is 0. The zero-order valence-corrected chi connectivity index (χ0v) is 11.2. The van der Waals surface area contributed by atoms with E-state index in [9.17, 15) is 9.50 Å². The quantitative estimate of drug-likeness (QED) is 0.907. The van der Waals surface area contributed by atoms with Gasteiger partial charge in [-0.3, -0.25) is 0 Å². The number of halogens is 2.